The van der Waals surface area contributed by atoms with Crippen LogP contribution < -0.4 is 5.73 Å². The second-order valence-corrected chi connectivity index (χ2v) is 4.14. The summed E-state index contributed by atoms with van der Waals surface area (Å²) in [5.41, 5.74) is 8.50. The van der Waals surface area contributed by atoms with Gasteiger partial charge in [-0.05, 0) is 26.7 Å². The molecule has 0 aromatic carbocycles. The Morgan fingerprint density at radius 2 is 2.38 bits per heavy atom. The van der Waals surface area contributed by atoms with Gasteiger partial charge in [-0.15, -0.1) is 0 Å². The van der Waals surface area contributed by atoms with Gasteiger partial charge in [-0.2, -0.15) is 0 Å². The van der Waals surface area contributed by atoms with E-state index in [0.29, 0.717) is 12.1 Å². The van der Waals surface area contributed by atoms with E-state index in [-0.39, 0.29) is 0 Å². The van der Waals surface area contributed by atoms with E-state index >= 15 is 0 Å². The molecule has 0 amide bonds. The molecule has 1 aliphatic carbocycles. The van der Waals surface area contributed by atoms with Crippen LogP contribution in [0, 0.1) is 0 Å². The van der Waals surface area contributed by atoms with Crippen molar-refractivity contribution in [2.24, 2.45) is 5.73 Å². The van der Waals surface area contributed by atoms with E-state index in [9.17, 15) is 0 Å². The molecule has 0 saturated heterocycles. The summed E-state index contributed by atoms with van der Waals surface area (Å²) in [6.07, 6.45) is 5.10. The van der Waals surface area contributed by atoms with Gasteiger partial charge in [0.05, 0.1) is 12.0 Å². The van der Waals surface area contributed by atoms with Gasteiger partial charge in [-0.1, -0.05) is 0 Å². The van der Waals surface area contributed by atoms with Crippen LogP contribution in [0.2, 0.25) is 0 Å². The number of nitrogens with two attached hydrogens (primary N) is 1. The largest absolute Gasteiger partial charge is 0.332 e. The van der Waals surface area contributed by atoms with Crippen LogP contribution in [0.15, 0.2) is 6.33 Å². The highest BCUT2D eigenvalue weighted by atomic mass is 15.1. The standard InChI is InChI=1S/C10H17N3/c1-7(2)13-6-12-9-5-8(11)3-4-10(9)13/h6-8H,3-5,11H2,1-2H3. The van der Waals surface area contributed by atoms with Crippen LogP contribution in [0.3, 0.4) is 0 Å². The first-order valence-corrected chi connectivity index (χ1v) is 4.98. The molecule has 0 fully saturated rings. The van der Waals surface area contributed by atoms with Crippen LogP contribution in [0.4, 0.5) is 0 Å². The lowest BCUT2D eigenvalue weighted by atomic mass is 9.96. The molecule has 1 unspecified atom stereocenters. The highest BCUT2D eigenvalue weighted by molar-refractivity contribution is 5.18. The van der Waals surface area contributed by atoms with E-state index in [4.69, 9.17) is 5.73 Å². The minimum absolute atomic E-state index is 0.322. The van der Waals surface area contributed by atoms with Crippen LogP contribution in [-0.4, -0.2) is 15.6 Å². The van der Waals surface area contributed by atoms with Crippen LogP contribution in [0.1, 0.15) is 37.7 Å². The predicted molar refractivity (Wildman–Crippen MR) is 52.6 cm³/mol. The van der Waals surface area contributed by atoms with E-state index in [1.165, 1.54) is 11.4 Å². The highest BCUT2D eigenvalue weighted by Crippen LogP contribution is 2.21. The van der Waals surface area contributed by atoms with Crippen LogP contribution in [0.25, 0.3) is 0 Å². The third-order valence-electron chi connectivity index (χ3n) is 2.75. The molecule has 0 spiro atoms. The van der Waals surface area contributed by atoms with Crippen molar-refractivity contribution < 1.29 is 0 Å². The Kier molecular flexibility index (Phi) is 2.12. The molecule has 1 aliphatic rings. The molecule has 3 nitrogen and oxygen atoms in total. The van der Waals surface area contributed by atoms with E-state index in [1.807, 2.05) is 6.33 Å². The van der Waals surface area contributed by atoms with Crippen molar-refractivity contribution in [2.75, 3.05) is 0 Å². The number of hydrogen-bond acceptors (Lipinski definition) is 2. The van der Waals surface area contributed by atoms with Gasteiger partial charge in [-0.3, -0.25) is 0 Å². The molecular formula is C10H17N3. The zero-order valence-corrected chi connectivity index (χ0v) is 8.33. The Bertz CT molecular complexity index is 301. The Hall–Kier alpha value is -0.830. The van der Waals surface area contributed by atoms with E-state index in [2.05, 4.69) is 23.4 Å². The maximum absolute atomic E-state index is 5.89. The molecule has 13 heavy (non-hydrogen) atoms. The molecule has 0 saturated carbocycles. The summed E-state index contributed by atoms with van der Waals surface area (Å²) in [7, 11) is 0. The number of fused-ring (bicyclic) bond motifs is 1. The lowest BCUT2D eigenvalue weighted by Crippen LogP contribution is -2.28. The van der Waals surface area contributed by atoms with Gasteiger partial charge in [-0.25, -0.2) is 4.98 Å². The fraction of sp³-hybridized carbons (Fsp3) is 0.700. The summed E-state index contributed by atoms with van der Waals surface area (Å²) in [6.45, 7) is 4.38. The van der Waals surface area contributed by atoms with E-state index in [1.54, 1.807) is 0 Å². The summed E-state index contributed by atoms with van der Waals surface area (Å²) in [4.78, 5) is 4.41. The van der Waals surface area contributed by atoms with Crippen molar-refractivity contribution in [3.63, 3.8) is 0 Å². The molecule has 3 heteroatoms. The van der Waals surface area contributed by atoms with Crippen molar-refractivity contribution in [1.29, 1.82) is 0 Å². The van der Waals surface area contributed by atoms with Gasteiger partial charge in [0.25, 0.3) is 0 Å². The summed E-state index contributed by atoms with van der Waals surface area (Å²) in [6, 6.07) is 0.841. The fourth-order valence-corrected chi connectivity index (χ4v) is 1.99. The molecule has 0 aliphatic heterocycles. The van der Waals surface area contributed by atoms with Gasteiger partial charge in [0.15, 0.2) is 0 Å². The minimum Gasteiger partial charge on any atom is -0.332 e. The van der Waals surface area contributed by atoms with Crippen LogP contribution in [-0.2, 0) is 12.8 Å². The Morgan fingerprint density at radius 3 is 3.08 bits per heavy atom. The second-order valence-electron chi connectivity index (χ2n) is 4.14. The van der Waals surface area contributed by atoms with Gasteiger partial charge < -0.3 is 10.3 Å². The van der Waals surface area contributed by atoms with Crippen LogP contribution in [0.5, 0.6) is 0 Å². The number of rotatable bonds is 1. The molecule has 1 aromatic heterocycles. The van der Waals surface area contributed by atoms with Crippen molar-refractivity contribution in [3.8, 4) is 0 Å². The van der Waals surface area contributed by atoms with Crippen molar-refractivity contribution >= 4 is 0 Å². The number of aromatic nitrogens is 2. The minimum atomic E-state index is 0.322. The van der Waals surface area contributed by atoms with E-state index < -0.39 is 0 Å². The third-order valence-corrected chi connectivity index (χ3v) is 2.75. The zero-order chi connectivity index (χ0) is 9.42. The molecule has 1 heterocycles. The quantitative estimate of drug-likeness (QED) is 0.705. The first kappa shape index (κ1) is 8.75. The SMILES string of the molecule is CC(C)n1cnc2c1CCC(N)C2. The summed E-state index contributed by atoms with van der Waals surface area (Å²) >= 11 is 0. The second kappa shape index (κ2) is 3.14. The lowest BCUT2D eigenvalue weighted by molar-refractivity contribution is 0.516. The summed E-state index contributed by atoms with van der Waals surface area (Å²) in [5.74, 6) is 0. The Labute approximate surface area is 79.0 Å². The topological polar surface area (TPSA) is 43.8 Å². The predicted octanol–water partition coefficient (Wildman–Crippen LogP) is 1.28. The average Bonchev–Trinajstić information content (AvgIpc) is 2.46. The molecule has 2 rings (SSSR count). The monoisotopic (exact) mass is 179 g/mol. The van der Waals surface area contributed by atoms with Gasteiger partial charge >= 0.3 is 0 Å². The first-order valence-electron chi connectivity index (χ1n) is 4.98. The Balaban J connectivity index is 2.33. The molecular weight excluding hydrogens is 162 g/mol. The molecule has 1 atom stereocenters. The molecule has 72 valence electrons. The van der Waals surface area contributed by atoms with Gasteiger partial charge in [0.1, 0.15) is 0 Å². The van der Waals surface area contributed by atoms with Gasteiger partial charge in [0, 0.05) is 24.2 Å². The normalized spacial score (nSPS) is 22.0. The average molecular weight is 179 g/mol. The summed E-state index contributed by atoms with van der Waals surface area (Å²) < 4.78 is 2.27. The summed E-state index contributed by atoms with van der Waals surface area (Å²) in [5, 5.41) is 0. The first-order chi connectivity index (χ1) is 6.18. The zero-order valence-electron chi connectivity index (χ0n) is 8.33. The highest BCUT2D eigenvalue weighted by Gasteiger charge is 2.20. The maximum Gasteiger partial charge on any atom is 0.0954 e. The molecule has 0 radical (unpaired) electrons. The lowest BCUT2D eigenvalue weighted by Gasteiger charge is -2.20. The third kappa shape index (κ3) is 1.48. The molecule has 2 N–H and O–H groups in total. The smallest absolute Gasteiger partial charge is 0.0954 e. The van der Waals surface area contributed by atoms with Crippen molar-refractivity contribution in [1.82, 2.24) is 9.55 Å². The van der Waals surface area contributed by atoms with E-state index in [0.717, 1.165) is 19.3 Å². The number of hydrogen-bond donors (Lipinski definition) is 1. The van der Waals surface area contributed by atoms with Crippen molar-refractivity contribution in [3.05, 3.63) is 17.7 Å². The van der Waals surface area contributed by atoms with Crippen molar-refractivity contribution in [2.45, 2.75) is 45.2 Å². The maximum atomic E-state index is 5.89. The number of imidazole rings is 1. The molecule has 0 bridgehead atoms. The van der Waals surface area contributed by atoms with Gasteiger partial charge in [0.2, 0.25) is 0 Å². The van der Waals surface area contributed by atoms with Crippen LogP contribution >= 0.6 is 0 Å². The molecule has 1 aromatic rings. The number of nitrogens with zero attached hydrogens (tertiary/aromatic N) is 2. The fourth-order valence-electron chi connectivity index (χ4n) is 1.99. The Morgan fingerprint density at radius 1 is 1.62 bits per heavy atom.